The molecule has 3 rings (SSSR count). The molecule has 0 radical (unpaired) electrons. The molecular formula is C21H35N3O. The van der Waals surface area contributed by atoms with E-state index in [1.54, 1.807) is 0 Å². The number of rotatable bonds is 7. The summed E-state index contributed by atoms with van der Waals surface area (Å²) in [6.07, 6.45) is 1.10. The van der Waals surface area contributed by atoms with Gasteiger partial charge in [-0.2, -0.15) is 0 Å². The van der Waals surface area contributed by atoms with Crippen molar-refractivity contribution in [2.24, 2.45) is 11.8 Å². The molecule has 0 bridgehead atoms. The summed E-state index contributed by atoms with van der Waals surface area (Å²) in [5.41, 5.74) is 2.80. The van der Waals surface area contributed by atoms with Crippen LogP contribution in [0.15, 0.2) is 24.3 Å². The summed E-state index contributed by atoms with van der Waals surface area (Å²) in [7, 11) is 0. The second-order valence-corrected chi connectivity index (χ2v) is 7.80. The quantitative estimate of drug-likeness (QED) is 0.818. The van der Waals surface area contributed by atoms with Crippen molar-refractivity contribution in [3.05, 3.63) is 35.4 Å². The molecule has 2 aliphatic heterocycles. The molecule has 4 heteroatoms. The first-order chi connectivity index (χ1) is 12.2. The van der Waals surface area contributed by atoms with E-state index >= 15 is 0 Å². The fourth-order valence-corrected chi connectivity index (χ4v) is 4.34. The van der Waals surface area contributed by atoms with Crippen molar-refractivity contribution in [2.45, 2.75) is 26.8 Å². The molecular weight excluding hydrogens is 310 g/mol. The van der Waals surface area contributed by atoms with Gasteiger partial charge >= 0.3 is 0 Å². The highest BCUT2D eigenvalue weighted by Gasteiger charge is 2.33. The summed E-state index contributed by atoms with van der Waals surface area (Å²) < 4.78 is 0. The van der Waals surface area contributed by atoms with E-state index in [4.69, 9.17) is 0 Å². The van der Waals surface area contributed by atoms with Crippen molar-refractivity contribution >= 4 is 0 Å². The van der Waals surface area contributed by atoms with Crippen LogP contribution in [-0.2, 0) is 13.0 Å². The van der Waals surface area contributed by atoms with Gasteiger partial charge in [0, 0.05) is 59.0 Å². The van der Waals surface area contributed by atoms with Crippen LogP contribution in [0.5, 0.6) is 0 Å². The average molecular weight is 346 g/mol. The molecule has 0 spiro atoms. The van der Waals surface area contributed by atoms with Gasteiger partial charge in [-0.15, -0.1) is 0 Å². The van der Waals surface area contributed by atoms with Crippen LogP contribution in [-0.4, -0.2) is 78.8 Å². The Balaban J connectivity index is 1.51. The second-order valence-electron chi connectivity index (χ2n) is 7.80. The minimum Gasteiger partial charge on any atom is -0.396 e. The predicted octanol–water partition coefficient (Wildman–Crippen LogP) is 1.93. The second kappa shape index (κ2) is 9.13. The smallest absolute Gasteiger partial charge is 0.0475 e. The van der Waals surface area contributed by atoms with E-state index in [0.29, 0.717) is 18.4 Å². The molecule has 1 aromatic carbocycles. The lowest BCUT2D eigenvalue weighted by molar-refractivity contribution is 0.106. The molecule has 4 nitrogen and oxygen atoms in total. The number of aliphatic hydroxyl groups is 1. The van der Waals surface area contributed by atoms with Gasteiger partial charge in [-0.25, -0.2) is 0 Å². The van der Waals surface area contributed by atoms with Gasteiger partial charge in [0.25, 0.3) is 0 Å². The van der Waals surface area contributed by atoms with Gasteiger partial charge < -0.3 is 14.9 Å². The largest absolute Gasteiger partial charge is 0.396 e. The van der Waals surface area contributed by atoms with Crippen molar-refractivity contribution in [1.29, 1.82) is 0 Å². The normalized spacial score (nSPS) is 26.4. The van der Waals surface area contributed by atoms with Crippen LogP contribution in [0.4, 0.5) is 0 Å². The highest BCUT2D eigenvalue weighted by atomic mass is 16.3. The summed E-state index contributed by atoms with van der Waals surface area (Å²) >= 11 is 0. The van der Waals surface area contributed by atoms with Gasteiger partial charge in [-0.1, -0.05) is 38.1 Å². The maximum Gasteiger partial charge on any atom is 0.0475 e. The van der Waals surface area contributed by atoms with E-state index in [2.05, 4.69) is 52.8 Å². The van der Waals surface area contributed by atoms with Crippen LogP contribution < -0.4 is 0 Å². The number of likely N-dealkylation sites (tertiary alicyclic amines) is 1. The lowest BCUT2D eigenvalue weighted by Gasteiger charge is -2.36. The molecule has 25 heavy (non-hydrogen) atoms. The predicted molar refractivity (Wildman–Crippen MR) is 104 cm³/mol. The van der Waals surface area contributed by atoms with Gasteiger partial charge in [0.1, 0.15) is 0 Å². The van der Waals surface area contributed by atoms with Crippen LogP contribution in [0.2, 0.25) is 0 Å². The highest BCUT2D eigenvalue weighted by molar-refractivity contribution is 5.22. The van der Waals surface area contributed by atoms with Crippen molar-refractivity contribution in [3.63, 3.8) is 0 Å². The van der Waals surface area contributed by atoms with Crippen LogP contribution in [0.25, 0.3) is 0 Å². The third-order valence-corrected chi connectivity index (χ3v) is 6.13. The zero-order valence-electron chi connectivity index (χ0n) is 16.0. The number of piperazine rings is 1. The molecule has 140 valence electrons. The van der Waals surface area contributed by atoms with E-state index < -0.39 is 0 Å². The molecule has 2 heterocycles. The zero-order chi connectivity index (χ0) is 17.6. The minimum atomic E-state index is 0.324. The molecule has 0 unspecified atom stereocenters. The number of aliphatic hydroxyl groups excluding tert-OH is 1. The maximum absolute atomic E-state index is 9.84. The number of aryl methyl sites for hydroxylation is 1. The Kier molecular flexibility index (Phi) is 6.88. The first kappa shape index (κ1) is 18.8. The Bertz CT molecular complexity index is 510. The Labute approximate surface area is 153 Å². The summed E-state index contributed by atoms with van der Waals surface area (Å²) in [6, 6.07) is 9.04. The van der Waals surface area contributed by atoms with Gasteiger partial charge in [0.05, 0.1) is 0 Å². The van der Waals surface area contributed by atoms with E-state index in [9.17, 15) is 5.11 Å². The third-order valence-electron chi connectivity index (χ3n) is 6.13. The van der Waals surface area contributed by atoms with E-state index in [0.717, 1.165) is 32.6 Å². The zero-order valence-corrected chi connectivity index (χ0v) is 16.0. The lowest BCUT2D eigenvalue weighted by atomic mass is 9.96. The van der Waals surface area contributed by atoms with Gasteiger partial charge in [-0.3, -0.25) is 4.90 Å². The van der Waals surface area contributed by atoms with Gasteiger partial charge in [-0.05, 0) is 35.9 Å². The summed E-state index contributed by atoms with van der Waals surface area (Å²) in [4.78, 5) is 7.68. The molecule has 2 saturated heterocycles. The molecule has 1 N–H and O–H groups in total. The standard InChI is InChI=1S/C21H35N3O/c1-3-18-5-7-19(8-6-18)13-24-15-20(21(16-24)17-25)14-23-11-9-22(4-2)10-12-23/h5-8,20-21,25H,3-4,9-17H2,1-2H3/t20-,21-/m1/s1. The number of benzene rings is 1. The summed E-state index contributed by atoms with van der Waals surface area (Å²) in [6.45, 7) is 15.0. The molecule has 0 aliphatic carbocycles. The average Bonchev–Trinajstić information content (AvgIpc) is 3.04. The maximum atomic E-state index is 9.84. The van der Waals surface area contributed by atoms with Crippen LogP contribution in [0.1, 0.15) is 25.0 Å². The molecule has 0 aromatic heterocycles. The highest BCUT2D eigenvalue weighted by Crippen LogP contribution is 2.26. The van der Waals surface area contributed by atoms with Gasteiger partial charge in [0.2, 0.25) is 0 Å². The molecule has 1 aromatic rings. The molecule has 0 saturated carbocycles. The van der Waals surface area contributed by atoms with Crippen molar-refractivity contribution < 1.29 is 5.11 Å². The summed E-state index contributed by atoms with van der Waals surface area (Å²) in [5.74, 6) is 1.03. The molecule has 2 atom stereocenters. The van der Waals surface area contributed by atoms with Crippen LogP contribution in [0.3, 0.4) is 0 Å². The Morgan fingerprint density at radius 1 is 0.840 bits per heavy atom. The van der Waals surface area contributed by atoms with E-state index in [1.165, 1.54) is 43.9 Å². The lowest BCUT2D eigenvalue weighted by Crippen LogP contribution is -2.48. The van der Waals surface area contributed by atoms with Crippen molar-refractivity contribution in [1.82, 2.24) is 14.7 Å². The van der Waals surface area contributed by atoms with Crippen molar-refractivity contribution in [3.8, 4) is 0 Å². The van der Waals surface area contributed by atoms with Gasteiger partial charge in [0.15, 0.2) is 0 Å². The number of nitrogens with zero attached hydrogens (tertiary/aromatic N) is 3. The van der Waals surface area contributed by atoms with Crippen molar-refractivity contribution in [2.75, 3.05) is 59.0 Å². The first-order valence-electron chi connectivity index (χ1n) is 10.1. The van der Waals surface area contributed by atoms with Crippen LogP contribution in [0, 0.1) is 11.8 Å². The number of hydrogen-bond donors (Lipinski definition) is 1. The molecule has 2 aliphatic rings. The van der Waals surface area contributed by atoms with E-state index in [-0.39, 0.29) is 0 Å². The SMILES string of the molecule is CCc1ccc(CN2C[C@@H](CN3CCN(CC)CC3)[C@@H](CO)C2)cc1. The first-order valence-corrected chi connectivity index (χ1v) is 10.1. The third kappa shape index (κ3) is 5.04. The fraction of sp³-hybridized carbons (Fsp3) is 0.714. The summed E-state index contributed by atoms with van der Waals surface area (Å²) in [5, 5.41) is 9.84. The fourth-order valence-electron chi connectivity index (χ4n) is 4.34. The number of likely N-dealkylation sites (N-methyl/N-ethyl adjacent to an activating group) is 1. The molecule has 2 fully saturated rings. The number of hydrogen-bond acceptors (Lipinski definition) is 4. The Hall–Kier alpha value is -0.940. The van der Waals surface area contributed by atoms with Crippen LogP contribution >= 0.6 is 0 Å². The minimum absolute atomic E-state index is 0.324. The van der Waals surface area contributed by atoms with E-state index in [1.807, 2.05) is 0 Å². The molecule has 0 amide bonds. The topological polar surface area (TPSA) is 30.0 Å². The Morgan fingerprint density at radius 2 is 1.44 bits per heavy atom. The Morgan fingerprint density at radius 3 is 2.04 bits per heavy atom. The monoisotopic (exact) mass is 345 g/mol.